The third kappa shape index (κ3) is 2.45. The number of rotatable bonds is 2. The van der Waals surface area contributed by atoms with Crippen LogP contribution in [-0.2, 0) is 4.79 Å². The molecular formula is C11H16N4O2S. The van der Waals surface area contributed by atoms with Crippen LogP contribution in [0.3, 0.4) is 0 Å². The van der Waals surface area contributed by atoms with E-state index in [9.17, 15) is 9.59 Å². The highest BCUT2D eigenvalue weighted by molar-refractivity contribution is 7.13. The highest BCUT2D eigenvalue weighted by Gasteiger charge is 2.32. The van der Waals surface area contributed by atoms with Crippen LogP contribution in [0.15, 0.2) is 5.38 Å². The molecule has 2 atom stereocenters. The largest absolute Gasteiger partial charge is 0.375 e. The summed E-state index contributed by atoms with van der Waals surface area (Å²) in [6.45, 7) is 2.33. The molecule has 98 valence electrons. The molecule has 2 unspecified atom stereocenters. The van der Waals surface area contributed by atoms with Crippen LogP contribution >= 0.6 is 11.3 Å². The van der Waals surface area contributed by atoms with Gasteiger partial charge in [0.2, 0.25) is 5.91 Å². The van der Waals surface area contributed by atoms with E-state index in [2.05, 4.69) is 4.98 Å². The summed E-state index contributed by atoms with van der Waals surface area (Å²) in [5.41, 5.74) is 11.2. The first kappa shape index (κ1) is 12.8. The first-order valence-corrected chi connectivity index (χ1v) is 6.68. The molecule has 0 spiro atoms. The Balaban J connectivity index is 2.15. The summed E-state index contributed by atoms with van der Waals surface area (Å²) in [6.07, 6.45) is 1.51. The molecule has 0 bridgehead atoms. The molecule has 2 amide bonds. The standard InChI is InChI=1S/C11H16N4O2S/c1-6-2-3-7(9(12)16)4-15(6)10(17)8-5-18-11(13)14-8/h5-7H,2-4H2,1H3,(H2,12,16)(H2,13,14). The van der Waals surface area contributed by atoms with Crippen LogP contribution in [0.4, 0.5) is 5.13 Å². The Morgan fingerprint density at radius 2 is 2.22 bits per heavy atom. The minimum absolute atomic E-state index is 0.0935. The summed E-state index contributed by atoms with van der Waals surface area (Å²) >= 11 is 1.23. The number of hydrogen-bond acceptors (Lipinski definition) is 5. The summed E-state index contributed by atoms with van der Waals surface area (Å²) in [5.74, 6) is -0.792. The van der Waals surface area contributed by atoms with Crippen molar-refractivity contribution < 1.29 is 9.59 Å². The number of piperidine rings is 1. The SMILES string of the molecule is CC1CCC(C(N)=O)CN1C(=O)c1csc(N)n1. The molecule has 1 aliphatic heterocycles. The lowest BCUT2D eigenvalue weighted by atomic mass is 9.93. The Morgan fingerprint density at radius 1 is 1.50 bits per heavy atom. The summed E-state index contributed by atoms with van der Waals surface area (Å²) in [5, 5.41) is 2.01. The van der Waals surface area contributed by atoms with Crippen molar-refractivity contribution in [3.63, 3.8) is 0 Å². The normalized spacial score (nSPS) is 23.9. The van der Waals surface area contributed by atoms with Gasteiger partial charge < -0.3 is 16.4 Å². The fraction of sp³-hybridized carbons (Fsp3) is 0.545. The van der Waals surface area contributed by atoms with E-state index in [1.165, 1.54) is 11.3 Å². The van der Waals surface area contributed by atoms with E-state index in [-0.39, 0.29) is 23.8 Å². The van der Waals surface area contributed by atoms with Gasteiger partial charge in [0.15, 0.2) is 5.13 Å². The van der Waals surface area contributed by atoms with E-state index >= 15 is 0 Å². The number of likely N-dealkylation sites (tertiary alicyclic amines) is 1. The maximum atomic E-state index is 12.3. The number of primary amides is 1. The van der Waals surface area contributed by atoms with Crippen LogP contribution in [0.5, 0.6) is 0 Å². The van der Waals surface area contributed by atoms with E-state index in [0.29, 0.717) is 17.4 Å². The summed E-state index contributed by atoms with van der Waals surface area (Å²) < 4.78 is 0. The number of thiazole rings is 1. The summed E-state index contributed by atoms with van der Waals surface area (Å²) in [7, 11) is 0. The van der Waals surface area contributed by atoms with Crippen molar-refractivity contribution in [2.75, 3.05) is 12.3 Å². The number of anilines is 1. The number of aromatic nitrogens is 1. The Hall–Kier alpha value is -1.63. The molecule has 2 heterocycles. The molecular weight excluding hydrogens is 252 g/mol. The smallest absolute Gasteiger partial charge is 0.273 e. The van der Waals surface area contributed by atoms with Gasteiger partial charge in [0, 0.05) is 18.0 Å². The quantitative estimate of drug-likeness (QED) is 0.813. The average molecular weight is 268 g/mol. The van der Waals surface area contributed by atoms with Crippen LogP contribution in [0.2, 0.25) is 0 Å². The molecule has 6 nitrogen and oxygen atoms in total. The second-order valence-corrected chi connectivity index (χ2v) is 5.44. The number of amides is 2. The zero-order chi connectivity index (χ0) is 13.3. The van der Waals surface area contributed by atoms with Gasteiger partial charge in [0.25, 0.3) is 5.91 Å². The highest BCUT2D eigenvalue weighted by Crippen LogP contribution is 2.24. The maximum absolute atomic E-state index is 12.3. The Kier molecular flexibility index (Phi) is 3.51. The lowest BCUT2D eigenvalue weighted by Gasteiger charge is -2.36. The lowest BCUT2D eigenvalue weighted by molar-refractivity contribution is -0.123. The van der Waals surface area contributed by atoms with Gasteiger partial charge in [-0.1, -0.05) is 0 Å². The predicted octanol–water partition coefficient (Wildman–Crippen LogP) is 0.451. The number of carbonyl (C=O) groups is 2. The molecule has 7 heteroatoms. The van der Waals surface area contributed by atoms with Crippen LogP contribution in [-0.4, -0.2) is 34.3 Å². The van der Waals surface area contributed by atoms with Crippen molar-refractivity contribution in [3.8, 4) is 0 Å². The Labute approximate surface area is 109 Å². The third-order valence-electron chi connectivity index (χ3n) is 3.29. The van der Waals surface area contributed by atoms with Crippen LogP contribution < -0.4 is 11.5 Å². The lowest BCUT2D eigenvalue weighted by Crippen LogP contribution is -2.48. The minimum atomic E-state index is -0.350. The summed E-state index contributed by atoms with van der Waals surface area (Å²) in [6, 6.07) is 0.0935. The number of hydrogen-bond donors (Lipinski definition) is 2. The van der Waals surface area contributed by atoms with Crippen molar-refractivity contribution in [2.24, 2.45) is 11.7 Å². The molecule has 2 rings (SSSR count). The predicted molar refractivity (Wildman–Crippen MR) is 68.9 cm³/mol. The fourth-order valence-corrected chi connectivity index (χ4v) is 2.69. The number of carbonyl (C=O) groups excluding carboxylic acids is 2. The van der Waals surface area contributed by atoms with Crippen molar-refractivity contribution in [2.45, 2.75) is 25.8 Å². The number of nitrogens with two attached hydrogens (primary N) is 2. The van der Waals surface area contributed by atoms with Gasteiger partial charge in [-0.15, -0.1) is 11.3 Å². The van der Waals surface area contributed by atoms with Crippen molar-refractivity contribution >= 4 is 28.3 Å². The molecule has 1 fully saturated rings. The molecule has 0 aromatic carbocycles. The average Bonchev–Trinajstić information content (AvgIpc) is 2.75. The van der Waals surface area contributed by atoms with Crippen LogP contribution in [0.1, 0.15) is 30.3 Å². The molecule has 0 radical (unpaired) electrons. The molecule has 18 heavy (non-hydrogen) atoms. The van der Waals surface area contributed by atoms with Gasteiger partial charge in [-0.05, 0) is 19.8 Å². The summed E-state index contributed by atoms with van der Waals surface area (Å²) in [4.78, 5) is 29.1. The Bertz CT molecular complexity index is 473. The van der Waals surface area contributed by atoms with E-state index in [1.807, 2.05) is 6.92 Å². The van der Waals surface area contributed by atoms with Crippen molar-refractivity contribution in [1.82, 2.24) is 9.88 Å². The number of nitrogen functional groups attached to an aromatic ring is 1. The topological polar surface area (TPSA) is 102 Å². The molecule has 1 aromatic heterocycles. The maximum Gasteiger partial charge on any atom is 0.273 e. The van der Waals surface area contributed by atoms with Gasteiger partial charge in [-0.3, -0.25) is 9.59 Å². The first-order chi connectivity index (χ1) is 8.49. The highest BCUT2D eigenvalue weighted by atomic mass is 32.1. The van der Waals surface area contributed by atoms with Gasteiger partial charge >= 0.3 is 0 Å². The van der Waals surface area contributed by atoms with E-state index in [1.54, 1.807) is 10.3 Å². The zero-order valence-electron chi connectivity index (χ0n) is 10.1. The molecule has 4 N–H and O–H groups in total. The van der Waals surface area contributed by atoms with Gasteiger partial charge in [0.1, 0.15) is 5.69 Å². The minimum Gasteiger partial charge on any atom is -0.375 e. The number of nitrogens with zero attached hydrogens (tertiary/aromatic N) is 2. The molecule has 1 aliphatic rings. The third-order valence-corrected chi connectivity index (χ3v) is 3.96. The van der Waals surface area contributed by atoms with Gasteiger partial charge in [0.05, 0.1) is 5.92 Å². The fourth-order valence-electron chi connectivity index (χ4n) is 2.16. The van der Waals surface area contributed by atoms with Gasteiger partial charge in [-0.2, -0.15) is 0 Å². The molecule has 0 saturated carbocycles. The van der Waals surface area contributed by atoms with Crippen LogP contribution in [0, 0.1) is 5.92 Å². The molecule has 1 saturated heterocycles. The van der Waals surface area contributed by atoms with Crippen molar-refractivity contribution in [1.29, 1.82) is 0 Å². The van der Waals surface area contributed by atoms with E-state index in [0.717, 1.165) is 12.8 Å². The second-order valence-electron chi connectivity index (χ2n) is 4.55. The van der Waals surface area contributed by atoms with Gasteiger partial charge in [-0.25, -0.2) is 4.98 Å². The first-order valence-electron chi connectivity index (χ1n) is 5.80. The monoisotopic (exact) mass is 268 g/mol. The zero-order valence-corrected chi connectivity index (χ0v) is 10.9. The Morgan fingerprint density at radius 3 is 2.78 bits per heavy atom. The van der Waals surface area contributed by atoms with Crippen molar-refractivity contribution in [3.05, 3.63) is 11.1 Å². The van der Waals surface area contributed by atoms with E-state index < -0.39 is 0 Å². The van der Waals surface area contributed by atoms with Crippen LogP contribution in [0.25, 0.3) is 0 Å². The second kappa shape index (κ2) is 4.93. The molecule has 1 aromatic rings. The van der Waals surface area contributed by atoms with E-state index in [4.69, 9.17) is 11.5 Å². The molecule has 0 aliphatic carbocycles.